The van der Waals surface area contributed by atoms with E-state index in [1.54, 1.807) is 9.80 Å². The highest BCUT2D eigenvalue weighted by Gasteiger charge is 2.34. The van der Waals surface area contributed by atoms with Gasteiger partial charge in [-0.2, -0.15) is 0 Å². The number of fused-ring (bicyclic) bond motifs is 2. The zero-order chi connectivity index (χ0) is 22.2. The molecule has 7 nitrogen and oxygen atoms in total. The summed E-state index contributed by atoms with van der Waals surface area (Å²) >= 11 is 5.42. The maximum atomic E-state index is 12.8. The van der Waals surface area contributed by atoms with Crippen LogP contribution in [0.5, 0.6) is 17.2 Å². The maximum absolute atomic E-state index is 12.8. The topological polar surface area (TPSA) is 56.2 Å². The van der Waals surface area contributed by atoms with Crippen LogP contribution < -0.4 is 14.2 Å². The Labute approximate surface area is 191 Å². The SMILES string of the molecule is CCN1C(=O)/C(=C/c2cn(CCOc3ccc4c(c3)OCO4)c3ccccc23)N(C)C1=S. The van der Waals surface area contributed by atoms with Gasteiger partial charge < -0.3 is 23.7 Å². The first-order valence-corrected chi connectivity index (χ1v) is 10.9. The third-order valence-electron chi connectivity index (χ3n) is 5.72. The van der Waals surface area contributed by atoms with Gasteiger partial charge in [0.2, 0.25) is 6.79 Å². The molecule has 0 unspecified atom stereocenters. The van der Waals surface area contributed by atoms with Gasteiger partial charge in [0.1, 0.15) is 18.1 Å². The van der Waals surface area contributed by atoms with Crippen LogP contribution in [0.1, 0.15) is 12.5 Å². The average molecular weight is 450 g/mol. The molecule has 0 bridgehead atoms. The summed E-state index contributed by atoms with van der Waals surface area (Å²) < 4.78 is 18.8. The first-order valence-electron chi connectivity index (χ1n) is 10.5. The zero-order valence-electron chi connectivity index (χ0n) is 17.9. The number of benzene rings is 2. The summed E-state index contributed by atoms with van der Waals surface area (Å²) in [5.74, 6) is 2.11. The molecule has 32 heavy (non-hydrogen) atoms. The monoisotopic (exact) mass is 449 g/mol. The van der Waals surface area contributed by atoms with Gasteiger partial charge in [-0.15, -0.1) is 0 Å². The Morgan fingerprint density at radius 3 is 2.78 bits per heavy atom. The molecule has 3 aromatic rings. The fourth-order valence-corrected chi connectivity index (χ4v) is 4.35. The minimum Gasteiger partial charge on any atom is -0.492 e. The molecule has 0 atom stereocenters. The molecule has 2 aromatic carbocycles. The number of amides is 1. The van der Waals surface area contributed by atoms with Crippen molar-refractivity contribution in [1.29, 1.82) is 0 Å². The lowest BCUT2D eigenvalue weighted by atomic mass is 10.1. The summed E-state index contributed by atoms with van der Waals surface area (Å²) in [6.07, 6.45) is 3.97. The predicted molar refractivity (Wildman–Crippen MR) is 126 cm³/mol. The summed E-state index contributed by atoms with van der Waals surface area (Å²) in [5, 5.41) is 1.61. The average Bonchev–Trinajstić information content (AvgIpc) is 3.46. The third-order valence-corrected chi connectivity index (χ3v) is 6.21. The van der Waals surface area contributed by atoms with Crippen molar-refractivity contribution in [3.05, 3.63) is 59.9 Å². The van der Waals surface area contributed by atoms with Gasteiger partial charge in [-0.05, 0) is 43.4 Å². The number of carbonyl (C=O) groups is 1. The molecular weight excluding hydrogens is 426 g/mol. The van der Waals surface area contributed by atoms with E-state index in [9.17, 15) is 4.79 Å². The minimum atomic E-state index is -0.0667. The number of thiocarbonyl (C=S) groups is 1. The standard InChI is InChI=1S/C24H23N3O4S/c1-3-27-23(28)20(25(2)24(27)32)12-16-14-26(19-7-5-4-6-18(16)19)10-11-29-17-8-9-21-22(13-17)31-15-30-21/h4-9,12-14H,3,10-11,15H2,1-2H3/b20-12-. The molecule has 2 aliphatic rings. The summed E-state index contributed by atoms with van der Waals surface area (Å²) in [5.41, 5.74) is 2.63. The lowest BCUT2D eigenvalue weighted by Gasteiger charge is -2.13. The second-order valence-electron chi connectivity index (χ2n) is 7.58. The summed E-state index contributed by atoms with van der Waals surface area (Å²) in [4.78, 5) is 16.2. The number of nitrogens with zero attached hydrogens (tertiary/aromatic N) is 3. The number of aromatic nitrogens is 1. The van der Waals surface area contributed by atoms with E-state index in [4.69, 9.17) is 26.4 Å². The molecule has 1 aromatic heterocycles. The molecular formula is C24H23N3O4S. The van der Waals surface area contributed by atoms with E-state index in [1.165, 1.54) is 0 Å². The van der Waals surface area contributed by atoms with Gasteiger partial charge in [-0.3, -0.25) is 9.69 Å². The fourth-order valence-electron chi connectivity index (χ4n) is 4.04. The number of rotatable bonds is 6. The number of hydrogen-bond acceptors (Lipinski definition) is 5. The number of ether oxygens (including phenoxy) is 3. The molecule has 0 spiro atoms. The Bertz CT molecular complexity index is 1250. The Hall–Kier alpha value is -3.52. The van der Waals surface area contributed by atoms with Crippen molar-refractivity contribution in [2.24, 2.45) is 0 Å². The van der Waals surface area contributed by atoms with E-state index in [1.807, 2.05) is 50.4 Å². The molecule has 2 aliphatic heterocycles. The number of likely N-dealkylation sites (N-methyl/N-ethyl adjacent to an activating group) is 2. The number of carbonyl (C=O) groups excluding carboxylic acids is 1. The van der Waals surface area contributed by atoms with Gasteiger partial charge in [0.25, 0.3) is 5.91 Å². The van der Waals surface area contributed by atoms with E-state index in [-0.39, 0.29) is 12.7 Å². The lowest BCUT2D eigenvalue weighted by Crippen LogP contribution is -2.30. The molecule has 0 radical (unpaired) electrons. The molecule has 1 amide bonds. The highest BCUT2D eigenvalue weighted by atomic mass is 32.1. The second-order valence-corrected chi connectivity index (χ2v) is 7.94. The highest BCUT2D eigenvalue weighted by molar-refractivity contribution is 7.80. The Balaban J connectivity index is 1.38. The van der Waals surface area contributed by atoms with Gasteiger partial charge >= 0.3 is 0 Å². The molecule has 1 saturated heterocycles. The van der Waals surface area contributed by atoms with Crippen molar-refractivity contribution in [2.75, 3.05) is 27.0 Å². The van der Waals surface area contributed by atoms with Crippen molar-refractivity contribution >= 4 is 40.2 Å². The van der Waals surface area contributed by atoms with E-state index in [2.05, 4.69) is 22.9 Å². The van der Waals surface area contributed by atoms with Crippen molar-refractivity contribution in [3.8, 4) is 17.2 Å². The van der Waals surface area contributed by atoms with Crippen LogP contribution in [-0.2, 0) is 11.3 Å². The van der Waals surface area contributed by atoms with E-state index >= 15 is 0 Å². The van der Waals surface area contributed by atoms with Crippen LogP contribution in [0.3, 0.4) is 0 Å². The molecule has 8 heteroatoms. The number of hydrogen-bond donors (Lipinski definition) is 0. The van der Waals surface area contributed by atoms with Gasteiger partial charge in [0.05, 0.1) is 6.54 Å². The first-order chi connectivity index (χ1) is 15.6. The summed E-state index contributed by atoms with van der Waals surface area (Å²) in [7, 11) is 1.83. The summed E-state index contributed by atoms with van der Waals surface area (Å²) in [6, 6.07) is 13.7. The molecule has 164 valence electrons. The Morgan fingerprint density at radius 1 is 1.16 bits per heavy atom. The van der Waals surface area contributed by atoms with Crippen molar-refractivity contribution in [1.82, 2.24) is 14.4 Å². The third kappa shape index (κ3) is 3.46. The lowest BCUT2D eigenvalue weighted by molar-refractivity contribution is -0.122. The smallest absolute Gasteiger partial charge is 0.276 e. The highest BCUT2D eigenvalue weighted by Crippen LogP contribution is 2.35. The summed E-state index contributed by atoms with van der Waals surface area (Å²) in [6.45, 7) is 3.86. The molecule has 1 fully saturated rings. The normalized spacial score (nSPS) is 16.6. The minimum absolute atomic E-state index is 0.0667. The Kier molecular flexibility index (Phi) is 5.22. The molecule has 5 rings (SSSR count). The molecule has 0 aliphatic carbocycles. The number of para-hydroxylation sites is 1. The van der Waals surface area contributed by atoms with Gasteiger partial charge in [-0.25, -0.2) is 0 Å². The van der Waals surface area contributed by atoms with E-state index in [0.717, 1.165) is 28.0 Å². The van der Waals surface area contributed by atoms with Crippen LogP contribution in [-0.4, -0.2) is 52.4 Å². The van der Waals surface area contributed by atoms with Crippen LogP contribution in [0.15, 0.2) is 54.4 Å². The molecule has 0 N–H and O–H groups in total. The quantitative estimate of drug-likeness (QED) is 0.421. The maximum Gasteiger partial charge on any atom is 0.276 e. The van der Waals surface area contributed by atoms with Gasteiger partial charge in [0.15, 0.2) is 16.6 Å². The van der Waals surface area contributed by atoms with Gasteiger partial charge in [0, 0.05) is 42.3 Å². The largest absolute Gasteiger partial charge is 0.492 e. The molecule has 3 heterocycles. The van der Waals surface area contributed by atoms with Gasteiger partial charge in [-0.1, -0.05) is 18.2 Å². The molecule has 0 saturated carbocycles. The van der Waals surface area contributed by atoms with Crippen LogP contribution in [0.2, 0.25) is 0 Å². The Morgan fingerprint density at radius 2 is 1.97 bits per heavy atom. The van der Waals surface area contributed by atoms with Crippen LogP contribution >= 0.6 is 12.2 Å². The second kappa shape index (κ2) is 8.20. The zero-order valence-corrected chi connectivity index (χ0v) is 18.7. The fraction of sp³-hybridized carbons (Fsp3) is 0.250. The van der Waals surface area contributed by atoms with Crippen LogP contribution in [0.25, 0.3) is 17.0 Å². The van der Waals surface area contributed by atoms with Crippen molar-refractivity contribution in [3.63, 3.8) is 0 Å². The van der Waals surface area contributed by atoms with Crippen molar-refractivity contribution in [2.45, 2.75) is 13.5 Å². The van der Waals surface area contributed by atoms with Crippen LogP contribution in [0, 0.1) is 0 Å². The van der Waals surface area contributed by atoms with Crippen molar-refractivity contribution < 1.29 is 19.0 Å². The van der Waals surface area contributed by atoms with E-state index < -0.39 is 0 Å². The predicted octanol–water partition coefficient (Wildman–Crippen LogP) is 3.87. The first kappa shape index (κ1) is 20.4. The van der Waals surface area contributed by atoms with Crippen LogP contribution in [0.4, 0.5) is 0 Å². The van der Waals surface area contributed by atoms with E-state index in [0.29, 0.717) is 36.3 Å².